The van der Waals surface area contributed by atoms with Gasteiger partial charge in [-0.2, -0.15) is 5.26 Å². The number of para-hydroxylation sites is 2. The van der Waals surface area contributed by atoms with Crippen LogP contribution < -0.4 is 15.6 Å². The first-order chi connectivity index (χ1) is 10.0. The summed E-state index contributed by atoms with van der Waals surface area (Å²) in [6.07, 6.45) is 0. The van der Waals surface area contributed by atoms with E-state index in [4.69, 9.17) is 11.1 Å². The van der Waals surface area contributed by atoms with E-state index in [9.17, 15) is 8.42 Å². The smallest absolute Gasteiger partial charge is 0.266 e. The molecule has 2 aromatic carbocycles. The first kappa shape index (κ1) is 14.8. The lowest BCUT2D eigenvalue weighted by atomic mass is 10.2. The monoisotopic (exact) mass is 302 g/mol. The topological polar surface area (TPSA) is 99.2 Å². The Hall–Kier alpha value is -2.56. The Bertz CT molecular complexity index is 797. The first-order valence-corrected chi connectivity index (χ1v) is 7.50. The molecule has 2 rings (SSSR count). The standard InChI is InChI=1S/C14H14N4O2S/c1-18(13-8-4-2-6-11(13)10-15)21(19,20)14-9-5-3-7-12(14)17-16/h2-9,17H,16H2,1H3. The van der Waals surface area contributed by atoms with Gasteiger partial charge in [-0.1, -0.05) is 24.3 Å². The van der Waals surface area contributed by atoms with Crippen molar-refractivity contribution in [2.24, 2.45) is 5.84 Å². The van der Waals surface area contributed by atoms with E-state index in [1.54, 1.807) is 42.5 Å². The van der Waals surface area contributed by atoms with Crippen LogP contribution in [0.1, 0.15) is 5.56 Å². The van der Waals surface area contributed by atoms with E-state index in [-0.39, 0.29) is 10.5 Å². The Morgan fingerprint density at radius 1 is 1.14 bits per heavy atom. The Labute approximate surface area is 123 Å². The van der Waals surface area contributed by atoms with Gasteiger partial charge in [0.25, 0.3) is 10.0 Å². The van der Waals surface area contributed by atoms with Gasteiger partial charge in [-0.05, 0) is 24.3 Å². The Morgan fingerprint density at radius 3 is 2.43 bits per heavy atom. The van der Waals surface area contributed by atoms with Gasteiger partial charge in [-0.25, -0.2) is 8.42 Å². The summed E-state index contributed by atoms with van der Waals surface area (Å²) in [6.45, 7) is 0. The van der Waals surface area contributed by atoms with Gasteiger partial charge in [0.15, 0.2) is 0 Å². The van der Waals surface area contributed by atoms with Crippen LogP contribution in [0, 0.1) is 11.3 Å². The Kier molecular flexibility index (Phi) is 4.12. The number of rotatable bonds is 4. The third-order valence-corrected chi connectivity index (χ3v) is 4.87. The number of nitrogens with zero attached hydrogens (tertiary/aromatic N) is 2. The largest absolute Gasteiger partial charge is 0.323 e. The number of nitrogen functional groups attached to an aromatic ring is 1. The molecular formula is C14H14N4O2S. The van der Waals surface area contributed by atoms with Gasteiger partial charge in [-0.15, -0.1) is 0 Å². The molecule has 3 N–H and O–H groups in total. The fourth-order valence-electron chi connectivity index (χ4n) is 1.93. The van der Waals surface area contributed by atoms with Crippen molar-refractivity contribution in [3.05, 3.63) is 54.1 Å². The summed E-state index contributed by atoms with van der Waals surface area (Å²) in [6, 6.07) is 14.8. The van der Waals surface area contributed by atoms with Gasteiger partial charge in [0.05, 0.1) is 16.9 Å². The number of hydrazine groups is 1. The summed E-state index contributed by atoms with van der Waals surface area (Å²) in [4.78, 5) is 0.0442. The maximum Gasteiger partial charge on any atom is 0.266 e. The Morgan fingerprint density at radius 2 is 1.76 bits per heavy atom. The molecule has 0 aromatic heterocycles. The molecule has 0 radical (unpaired) electrons. The molecule has 0 fully saturated rings. The molecule has 0 amide bonds. The molecule has 0 aliphatic heterocycles. The zero-order valence-electron chi connectivity index (χ0n) is 11.3. The molecule has 0 unspecified atom stereocenters. The van der Waals surface area contributed by atoms with Crippen molar-refractivity contribution >= 4 is 21.4 Å². The normalized spacial score (nSPS) is 10.7. The van der Waals surface area contributed by atoms with Gasteiger partial charge in [0.2, 0.25) is 0 Å². The highest BCUT2D eigenvalue weighted by molar-refractivity contribution is 7.93. The predicted molar refractivity (Wildman–Crippen MR) is 81.0 cm³/mol. The second-order valence-electron chi connectivity index (χ2n) is 4.24. The summed E-state index contributed by atoms with van der Waals surface area (Å²) in [5.41, 5.74) is 3.25. The lowest BCUT2D eigenvalue weighted by molar-refractivity contribution is 0.594. The van der Waals surface area contributed by atoms with Crippen LogP contribution in [-0.2, 0) is 10.0 Å². The summed E-state index contributed by atoms with van der Waals surface area (Å²) in [7, 11) is -2.43. The highest BCUT2D eigenvalue weighted by atomic mass is 32.2. The van der Waals surface area contributed by atoms with Crippen molar-refractivity contribution in [1.82, 2.24) is 0 Å². The van der Waals surface area contributed by atoms with Crippen LogP contribution in [0.15, 0.2) is 53.4 Å². The summed E-state index contributed by atoms with van der Waals surface area (Å²) >= 11 is 0. The molecule has 0 heterocycles. The minimum absolute atomic E-state index is 0.0442. The van der Waals surface area contributed by atoms with Gasteiger partial charge in [0, 0.05) is 7.05 Å². The van der Waals surface area contributed by atoms with Crippen molar-refractivity contribution in [1.29, 1.82) is 5.26 Å². The Balaban J connectivity index is 2.56. The number of anilines is 2. The number of hydrogen-bond acceptors (Lipinski definition) is 5. The molecule has 21 heavy (non-hydrogen) atoms. The van der Waals surface area contributed by atoms with E-state index in [2.05, 4.69) is 5.43 Å². The van der Waals surface area contributed by atoms with Crippen LogP contribution in [0.25, 0.3) is 0 Å². The fraction of sp³-hybridized carbons (Fsp3) is 0.0714. The molecule has 0 aliphatic rings. The minimum Gasteiger partial charge on any atom is -0.323 e. The summed E-state index contributed by atoms with van der Waals surface area (Å²) < 4.78 is 26.5. The van der Waals surface area contributed by atoms with Gasteiger partial charge >= 0.3 is 0 Å². The zero-order chi connectivity index (χ0) is 15.5. The zero-order valence-corrected chi connectivity index (χ0v) is 12.1. The van der Waals surface area contributed by atoms with Crippen molar-refractivity contribution in [2.75, 3.05) is 16.8 Å². The number of sulfonamides is 1. The SMILES string of the molecule is CN(c1ccccc1C#N)S(=O)(=O)c1ccccc1NN. The lowest BCUT2D eigenvalue weighted by Gasteiger charge is -2.21. The molecule has 0 spiro atoms. The fourth-order valence-corrected chi connectivity index (χ4v) is 3.30. The number of nitriles is 1. The van der Waals surface area contributed by atoms with E-state index in [0.717, 1.165) is 4.31 Å². The highest BCUT2D eigenvalue weighted by Crippen LogP contribution is 2.28. The summed E-state index contributed by atoms with van der Waals surface area (Å²) in [5.74, 6) is 5.36. The van der Waals surface area contributed by atoms with E-state index in [1.165, 1.54) is 13.1 Å². The second kappa shape index (κ2) is 5.83. The molecular weight excluding hydrogens is 288 g/mol. The molecule has 0 aliphatic carbocycles. The van der Waals surface area contributed by atoms with Crippen LogP contribution in [0.4, 0.5) is 11.4 Å². The second-order valence-corrected chi connectivity index (χ2v) is 6.18. The van der Waals surface area contributed by atoms with Crippen LogP contribution in [0.5, 0.6) is 0 Å². The van der Waals surface area contributed by atoms with Crippen molar-refractivity contribution < 1.29 is 8.42 Å². The van der Waals surface area contributed by atoms with Gasteiger partial charge in [0.1, 0.15) is 11.0 Å². The number of nitrogens with two attached hydrogens (primary N) is 1. The third kappa shape index (κ3) is 2.67. The van der Waals surface area contributed by atoms with E-state index in [1.807, 2.05) is 6.07 Å². The molecule has 0 bridgehead atoms. The highest BCUT2D eigenvalue weighted by Gasteiger charge is 2.25. The molecule has 0 saturated heterocycles. The number of hydrogen-bond donors (Lipinski definition) is 2. The van der Waals surface area contributed by atoms with E-state index in [0.29, 0.717) is 11.4 Å². The van der Waals surface area contributed by atoms with E-state index < -0.39 is 10.0 Å². The van der Waals surface area contributed by atoms with Crippen molar-refractivity contribution in [2.45, 2.75) is 4.90 Å². The third-order valence-electron chi connectivity index (χ3n) is 3.04. The van der Waals surface area contributed by atoms with Crippen LogP contribution in [-0.4, -0.2) is 15.5 Å². The molecule has 7 heteroatoms. The maximum absolute atomic E-state index is 12.7. The average Bonchev–Trinajstić information content (AvgIpc) is 2.53. The average molecular weight is 302 g/mol. The molecule has 0 saturated carbocycles. The first-order valence-electron chi connectivity index (χ1n) is 6.06. The summed E-state index contributed by atoms with van der Waals surface area (Å²) in [5, 5.41) is 9.10. The molecule has 6 nitrogen and oxygen atoms in total. The van der Waals surface area contributed by atoms with Crippen LogP contribution in [0.2, 0.25) is 0 Å². The quantitative estimate of drug-likeness (QED) is 0.661. The maximum atomic E-state index is 12.7. The van der Waals surface area contributed by atoms with Crippen molar-refractivity contribution in [3.8, 4) is 6.07 Å². The van der Waals surface area contributed by atoms with Gasteiger partial charge < -0.3 is 5.43 Å². The molecule has 108 valence electrons. The molecule has 0 atom stereocenters. The minimum atomic E-state index is -3.83. The van der Waals surface area contributed by atoms with Crippen LogP contribution in [0.3, 0.4) is 0 Å². The van der Waals surface area contributed by atoms with Crippen LogP contribution >= 0.6 is 0 Å². The van der Waals surface area contributed by atoms with E-state index >= 15 is 0 Å². The van der Waals surface area contributed by atoms with Crippen molar-refractivity contribution in [3.63, 3.8) is 0 Å². The number of nitrogens with one attached hydrogen (secondary N) is 1. The molecule has 2 aromatic rings. The lowest BCUT2D eigenvalue weighted by Crippen LogP contribution is -2.28. The predicted octanol–water partition coefficient (Wildman–Crippen LogP) is 1.67. The van der Waals surface area contributed by atoms with Gasteiger partial charge in [-0.3, -0.25) is 10.1 Å². The number of benzene rings is 2.